The summed E-state index contributed by atoms with van der Waals surface area (Å²) in [7, 11) is 0. The van der Waals surface area contributed by atoms with Crippen LogP contribution in [0.2, 0.25) is 0 Å². The van der Waals surface area contributed by atoms with Gasteiger partial charge in [0.2, 0.25) is 0 Å². The number of hydrogen-bond acceptors (Lipinski definition) is 4. The number of thioether (sulfide) groups is 1. The van der Waals surface area contributed by atoms with Crippen LogP contribution in [0.25, 0.3) is 0 Å². The zero-order valence-electron chi connectivity index (χ0n) is 8.32. The Balaban J connectivity index is 2.33. The average Bonchev–Trinajstić information content (AvgIpc) is 2.62. The molecule has 0 saturated carbocycles. The van der Waals surface area contributed by atoms with Gasteiger partial charge in [-0.25, -0.2) is 4.79 Å². The fourth-order valence-electron chi connectivity index (χ4n) is 1.22. The molecule has 82 valence electrons. The number of ether oxygens (including phenoxy) is 2. The van der Waals surface area contributed by atoms with Gasteiger partial charge < -0.3 is 14.6 Å². The molecule has 1 fully saturated rings. The molecule has 0 aromatic carbocycles. The van der Waals surface area contributed by atoms with E-state index in [2.05, 4.69) is 6.92 Å². The van der Waals surface area contributed by atoms with Crippen LogP contribution in [0.1, 0.15) is 26.2 Å². The van der Waals surface area contributed by atoms with Crippen LogP contribution in [-0.2, 0) is 14.3 Å². The second kappa shape index (κ2) is 5.58. The zero-order chi connectivity index (χ0) is 10.4. The molecule has 5 heteroatoms. The van der Waals surface area contributed by atoms with Crippen molar-refractivity contribution in [2.24, 2.45) is 0 Å². The van der Waals surface area contributed by atoms with Gasteiger partial charge in [0.15, 0.2) is 0 Å². The molecule has 1 rings (SSSR count). The van der Waals surface area contributed by atoms with Crippen LogP contribution in [0.15, 0.2) is 0 Å². The Hall–Kier alpha value is -0.260. The van der Waals surface area contributed by atoms with E-state index in [1.165, 1.54) is 11.8 Å². The van der Waals surface area contributed by atoms with Gasteiger partial charge >= 0.3 is 11.1 Å². The quantitative estimate of drug-likeness (QED) is 0.690. The van der Waals surface area contributed by atoms with Crippen LogP contribution in [0, 0.1) is 0 Å². The minimum absolute atomic E-state index is 0.449. The van der Waals surface area contributed by atoms with E-state index in [-0.39, 0.29) is 0 Å². The van der Waals surface area contributed by atoms with Crippen LogP contribution in [0.3, 0.4) is 0 Å². The highest BCUT2D eigenvalue weighted by Gasteiger charge is 2.45. The third-order valence-electron chi connectivity index (χ3n) is 1.97. The SMILES string of the molecule is CCCCCOC1(C(=O)O)OCCS1. The lowest BCUT2D eigenvalue weighted by Gasteiger charge is -2.22. The highest BCUT2D eigenvalue weighted by atomic mass is 32.2. The number of rotatable bonds is 6. The molecule has 1 aliphatic rings. The molecule has 1 saturated heterocycles. The lowest BCUT2D eigenvalue weighted by Crippen LogP contribution is -2.38. The topological polar surface area (TPSA) is 55.8 Å². The van der Waals surface area contributed by atoms with Gasteiger partial charge in [0.25, 0.3) is 0 Å². The smallest absolute Gasteiger partial charge is 0.376 e. The molecule has 14 heavy (non-hydrogen) atoms. The molecule has 0 aromatic rings. The molecule has 0 bridgehead atoms. The molecule has 1 aliphatic heterocycles. The van der Waals surface area contributed by atoms with E-state index in [9.17, 15) is 4.79 Å². The summed E-state index contributed by atoms with van der Waals surface area (Å²) in [5.41, 5.74) is 0. The molecule has 0 radical (unpaired) electrons. The summed E-state index contributed by atoms with van der Waals surface area (Å²) >= 11 is 1.21. The fraction of sp³-hybridized carbons (Fsp3) is 0.889. The number of unbranched alkanes of at least 4 members (excludes halogenated alkanes) is 2. The zero-order valence-corrected chi connectivity index (χ0v) is 9.14. The third kappa shape index (κ3) is 2.87. The van der Waals surface area contributed by atoms with Crippen molar-refractivity contribution in [2.75, 3.05) is 19.0 Å². The summed E-state index contributed by atoms with van der Waals surface area (Å²) < 4.78 is 10.4. The largest absolute Gasteiger partial charge is 0.477 e. The van der Waals surface area contributed by atoms with Crippen molar-refractivity contribution in [3.63, 3.8) is 0 Å². The van der Waals surface area contributed by atoms with Gasteiger partial charge in [0.05, 0.1) is 13.2 Å². The van der Waals surface area contributed by atoms with Gasteiger partial charge in [-0.15, -0.1) is 0 Å². The summed E-state index contributed by atoms with van der Waals surface area (Å²) in [4.78, 5) is 10.9. The first-order chi connectivity index (χ1) is 6.71. The minimum Gasteiger partial charge on any atom is -0.477 e. The highest BCUT2D eigenvalue weighted by molar-refractivity contribution is 8.01. The lowest BCUT2D eigenvalue weighted by atomic mass is 10.3. The fourth-order valence-corrected chi connectivity index (χ4v) is 2.11. The summed E-state index contributed by atoms with van der Waals surface area (Å²) in [6.07, 6.45) is 3.03. The van der Waals surface area contributed by atoms with Crippen molar-refractivity contribution in [3.05, 3.63) is 0 Å². The van der Waals surface area contributed by atoms with Crippen LogP contribution in [-0.4, -0.2) is 35.2 Å². The van der Waals surface area contributed by atoms with E-state index in [0.29, 0.717) is 19.0 Å². The third-order valence-corrected chi connectivity index (χ3v) is 3.13. The van der Waals surface area contributed by atoms with Gasteiger partial charge in [-0.05, 0) is 6.42 Å². The van der Waals surface area contributed by atoms with E-state index in [4.69, 9.17) is 14.6 Å². The summed E-state index contributed by atoms with van der Waals surface area (Å²) in [5, 5.41) is 7.53. The Morgan fingerprint density at radius 2 is 2.43 bits per heavy atom. The predicted molar refractivity (Wildman–Crippen MR) is 54.3 cm³/mol. The molecule has 0 amide bonds. The number of aliphatic carboxylic acids is 1. The molecule has 0 spiro atoms. The second-order valence-electron chi connectivity index (χ2n) is 3.11. The molecular weight excluding hydrogens is 204 g/mol. The van der Waals surface area contributed by atoms with Crippen molar-refractivity contribution >= 4 is 17.7 Å². The second-order valence-corrected chi connectivity index (χ2v) is 4.35. The van der Waals surface area contributed by atoms with Crippen molar-refractivity contribution in [2.45, 2.75) is 31.3 Å². The monoisotopic (exact) mass is 220 g/mol. The van der Waals surface area contributed by atoms with Crippen molar-refractivity contribution in [1.82, 2.24) is 0 Å². The Kier molecular flexibility index (Phi) is 4.71. The predicted octanol–water partition coefficient (Wildman–Crippen LogP) is 1.69. The first-order valence-corrected chi connectivity index (χ1v) is 5.85. The molecule has 1 unspecified atom stereocenters. The van der Waals surface area contributed by atoms with Crippen LogP contribution in [0.4, 0.5) is 0 Å². The normalized spacial score (nSPS) is 26.6. The van der Waals surface area contributed by atoms with Gasteiger partial charge in [0.1, 0.15) is 0 Å². The number of carboxylic acids is 1. The van der Waals surface area contributed by atoms with Crippen molar-refractivity contribution < 1.29 is 19.4 Å². The minimum atomic E-state index is -1.42. The standard InChI is InChI=1S/C9H16O4S/c1-2-3-4-5-12-9(8(10)11)13-6-7-14-9/h2-7H2,1H3,(H,10,11). The van der Waals surface area contributed by atoms with Gasteiger partial charge in [-0.1, -0.05) is 31.5 Å². The molecular formula is C9H16O4S. The van der Waals surface area contributed by atoms with E-state index < -0.39 is 11.1 Å². The Morgan fingerprint density at radius 3 is 2.93 bits per heavy atom. The van der Waals surface area contributed by atoms with E-state index >= 15 is 0 Å². The van der Waals surface area contributed by atoms with Gasteiger partial charge in [-0.2, -0.15) is 0 Å². The van der Waals surface area contributed by atoms with Crippen molar-refractivity contribution in [1.29, 1.82) is 0 Å². The Labute approximate surface area is 88.0 Å². The summed E-state index contributed by atoms with van der Waals surface area (Å²) in [6.45, 7) is 2.99. The van der Waals surface area contributed by atoms with Crippen LogP contribution < -0.4 is 0 Å². The van der Waals surface area contributed by atoms with E-state index in [1.54, 1.807) is 0 Å². The van der Waals surface area contributed by atoms with Crippen molar-refractivity contribution in [3.8, 4) is 0 Å². The maximum absolute atomic E-state index is 10.9. The Bertz CT molecular complexity index is 189. The summed E-state index contributed by atoms with van der Waals surface area (Å²) in [5.74, 6) is -0.350. The molecule has 1 atom stereocenters. The number of carboxylic acid groups (broad SMARTS) is 1. The van der Waals surface area contributed by atoms with Crippen LogP contribution >= 0.6 is 11.8 Å². The summed E-state index contributed by atoms with van der Waals surface area (Å²) in [6, 6.07) is 0. The molecule has 0 aliphatic carbocycles. The lowest BCUT2D eigenvalue weighted by molar-refractivity contribution is -0.198. The van der Waals surface area contributed by atoms with Gasteiger partial charge in [-0.3, -0.25) is 0 Å². The van der Waals surface area contributed by atoms with Crippen LogP contribution in [0.5, 0.6) is 0 Å². The average molecular weight is 220 g/mol. The highest BCUT2D eigenvalue weighted by Crippen LogP contribution is 2.34. The Morgan fingerprint density at radius 1 is 1.64 bits per heavy atom. The maximum Gasteiger partial charge on any atom is 0.376 e. The van der Waals surface area contributed by atoms with E-state index in [0.717, 1.165) is 19.3 Å². The first-order valence-electron chi connectivity index (χ1n) is 4.86. The first kappa shape index (κ1) is 11.8. The maximum atomic E-state index is 10.9. The number of hydrogen-bond donors (Lipinski definition) is 1. The molecule has 1 heterocycles. The molecule has 1 N–H and O–H groups in total. The number of carbonyl (C=O) groups is 1. The molecule has 0 aromatic heterocycles. The van der Waals surface area contributed by atoms with Gasteiger partial charge in [0, 0.05) is 5.75 Å². The van der Waals surface area contributed by atoms with E-state index in [1.807, 2.05) is 0 Å². The molecule has 4 nitrogen and oxygen atoms in total.